The molecule has 0 amide bonds. The Morgan fingerprint density at radius 3 is 3.00 bits per heavy atom. The van der Waals surface area contributed by atoms with E-state index >= 15 is 0 Å². The van der Waals surface area contributed by atoms with Crippen LogP contribution >= 0.6 is 0 Å². The van der Waals surface area contributed by atoms with Crippen molar-refractivity contribution in [2.24, 2.45) is 0 Å². The minimum atomic E-state index is 0.291. The smallest absolute Gasteiger partial charge is 0.0769 e. The number of fused-ring (bicyclic) bond motifs is 1. The van der Waals surface area contributed by atoms with E-state index in [-0.39, 0.29) is 0 Å². The highest BCUT2D eigenvalue weighted by Crippen LogP contribution is 2.34. The van der Waals surface area contributed by atoms with E-state index in [9.17, 15) is 0 Å². The van der Waals surface area contributed by atoms with Crippen LogP contribution in [0.5, 0.6) is 0 Å². The molecule has 19 heavy (non-hydrogen) atoms. The van der Waals surface area contributed by atoms with Crippen molar-refractivity contribution >= 4 is 11.4 Å². The zero-order valence-electron chi connectivity index (χ0n) is 11.3. The first-order valence-electron chi connectivity index (χ1n) is 6.57. The van der Waals surface area contributed by atoms with Gasteiger partial charge in [0.2, 0.25) is 0 Å². The molecule has 0 aromatic carbocycles. The van der Waals surface area contributed by atoms with Gasteiger partial charge in [-0.25, -0.2) is 0 Å². The number of aryl methyl sites for hydroxylation is 1. The third kappa shape index (κ3) is 2.26. The van der Waals surface area contributed by atoms with E-state index in [2.05, 4.69) is 26.3 Å². The molecule has 98 valence electrons. The van der Waals surface area contributed by atoms with E-state index in [1.165, 1.54) is 11.3 Å². The van der Waals surface area contributed by atoms with Crippen LogP contribution in [-0.4, -0.2) is 24.1 Å². The molecule has 1 unspecified atom stereocenters. The lowest BCUT2D eigenvalue weighted by Crippen LogP contribution is -2.15. The summed E-state index contributed by atoms with van der Waals surface area (Å²) < 4.78 is 0. The molecule has 0 saturated heterocycles. The van der Waals surface area contributed by atoms with E-state index in [0.717, 1.165) is 24.2 Å². The van der Waals surface area contributed by atoms with Crippen LogP contribution < -0.4 is 10.2 Å². The van der Waals surface area contributed by atoms with Crippen LogP contribution in [0.4, 0.5) is 11.4 Å². The van der Waals surface area contributed by atoms with Crippen LogP contribution in [0.1, 0.15) is 23.7 Å². The molecule has 0 saturated carbocycles. The first-order chi connectivity index (χ1) is 9.25. The predicted octanol–water partition coefficient (Wildman–Crippen LogP) is 2.64. The molecule has 4 heteroatoms. The molecule has 2 aromatic rings. The summed E-state index contributed by atoms with van der Waals surface area (Å²) in [7, 11) is 4.09. The van der Waals surface area contributed by atoms with E-state index in [1.54, 1.807) is 0 Å². The monoisotopic (exact) mass is 254 g/mol. The Morgan fingerprint density at radius 2 is 2.16 bits per heavy atom. The van der Waals surface area contributed by atoms with Gasteiger partial charge in [0, 0.05) is 26.5 Å². The van der Waals surface area contributed by atoms with Gasteiger partial charge in [-0.3, -0.25) is 9.97 Å². The van der Waals surface area contributed by atoms with Gasteiger partial charge in [-0.2, -0.15) is 0 Å². The lowest BCUT2D eigenvalue weighted by molar-refractivity contribution is 0.745. The maximum Gasteiger partial charge on any atom is 0.0769 e. The minimum Gasteiger partial charge on any atom is -0.376 e. The summed E-state index contributed by atoms with van der Waals surface area (Å²) in [4.78, 5) is 10.8. The van der Waals surface area contributed by atoms with Crippen molar-refractivity contribution in [3.63, 3.8) is 0 Å². The van der Waals surface area contributed by atoms with Gasteiger partial charge in [-0.05, 0) is 30.5 Å². The van der Waals surface area contributed by atoms with E-state index in [1.807, 2.05) is 44.8 Å². The molecule has 1 aliphatic rings. The molecule has 0 radical (unpaired) electrons. The number of pyridine rings is 2. The molecule has 4 nitrogen and oxygen atoms in total. The van der Waals surface area contributed by atoms with E-state index < -0.39 is 0 Å². The lowest BCUT2D eigenvalue weighted by Gasteiger charge is -2.21. The molecular formula is C15H18N4. The summed E-state index contributed by atoms with van der Waals surface area (Å²) in [6.07, 6.45) is 7.76. The molecule has 1 N–H and O–H groups in total. The first-order valence-corrected chi connectivity index (χ1v) is 6.57. The fourth-order valence-electron chi connectivity index (χ4n) is 2.63. The van der Waals surface area contributed by atoms with Crippen LogP contribution in [0.3, 0.4) is 0 Å². The number of nitrogens with zero attached hydrogens (tertiary/aromatic N) is 3. The molecule has 0 fully saturated rings. The molecule has 3 rings (SSSR count). The van der Waals surface area contributed by atoms with Gasteiger partial charge < -0.3 is 10.2 Å². The Balaban J connectivity index is 1.88. The third-order valence-electron chi connectivity index (χ3n) is 3.57. The highest BCUT2D eigenvalue weighted by Gasteiger charge is 2.24. The summed E-state index contributed by atoms with van der Waals surface area (Å²) in [5.74, 6) is 0. The average Bonchev–Trinajstić information content (AvgIpc) is 2.83. The first kappa shape index (κ1) is 12.0. The van der Waals surface area contributed by atoms with Crippen LogP contribution in [-0.2, 0) is 6.42 Å². The van der Waals surface area contributed by atoms with Gasteiger partial charge in [0.1, 0.15) is 0 Å². The second kappa shape index (κ2) is 4.88. The lowest BCUT2D eigenvalue weighted by atomic mass is 10.2. The van der Waals surface area contributed by atoms with Crippen LogP contribution in [0.15, 0.2) is 36.8 Å². The summed E-state index contributed by atoms with van der Waals surface area (Å²) in [6.45, 7) is 0. The van der Waals surface area contributed by atoms with Crippen molar-refractivity contribution in [2.75, 3.05) is 24.3 Å². The Morgan fingerprint density at radius 1 is 1.26 bits per heavy atom. The van der Waals surface area contributed by atoms with Crippen molar-refractivity contribution in [2.45, 2.75) is 18.9 Å². The molecule has 0 bridgehead atoms. The highest BCUT2D eigenvalue weighted by atomic mass is 15.1. The average molecular weight is 254 g/mol. The predicted molar refractivity (Wildman–Crippen MR) is 77.5 cm³/mol. The quantitative estimate of drug-likeness (QED) is 0.914. The number of nitrogens with one attached hydrogen (secondary N) is 1. The molecular weight excluding hydrogens is 236 g/mol. The fourth-order valence-corrected chi connectivity index (χ4v) is 2.63. The van der Waals surface area contributed by atoms with Crippen molar-refractivity contribution in [3.05, 3.63) is 48.0 Å². The molecule has 2 aromatic heterocycles. The number of hydrogen-bond donors (Lipinski definition) is 1. The molecule has 1 aliphatic carbocycles. The van der Waals surface area contributed by atoms with Crippen molar-refractivity contribution < 1.29 is 0 Å². The zero-order valence-corrected chi connectivity index (χ0v) is 11.3. The van der Waals surface area contributed by atoms with Crippen molar-refractivity contribution in [1.82, 2.24) is 9.97 Å². The van der Waals surface area contributed by atoms with Gasteiger partial charge >= 0.3 is 0 Å². The van der Waals surface area contributed by atoms with Gasteiger partial charge in [-0.1, -0.05) is 6.07 Å². The summed E-state index contributed by atoms with van der Waals surface area (Å²) in [5, 5.41) is 3.58. The van der Waals surface area contributed by atoms with Crippen molar-refractivity contribution in [3.8, 4) is 0 Å². The normalized spacial score (nSPS) is 17.1. The number of anilines is 2. The summed E-state index contributed by atoms with van der Waals surface area (Å²) in [5.41, 5.74) is 4.75. The standard InChI is InChI=1S/C15H18N4/c1-19(2)14-7-9-16-10-13(14)18-12-6-5-11-4-3-8-17-15(11)12/h3-4,7-10,12,18H,5-6H2,1-2H3. The maximum absolute atomic E-state index is 4.51. The Bertz CT molecular complexity index is 580. The van der Waals surface area contributed by atoms with Crippen LogP contribution in [0, 0.1) is 0 Å². The zero-order chi connectivity index (χ0) is 13.2. The number of hydrogen-bond acceptors (Lipinski definition) is 4. The Hall–Kier alpha value is -2.10. The number of rotatable bonds is 3. The van der Waals surface area contributed by atoms with E-state index in [4.69, 9.17) is 0 Å². The van der Waals surface area contributed by atoms with Crippen molar-refractivity contribution in [1.29, 1.82) is 0 Å². The largest absolute Gasteiger partial charge is 0.376 e. The Kier molecular flexibility index (Phi) is 3.07. The van der Waals surface area contributed by atoms with Gasteiger partial charge in [-0.15, -0.1) is 0 Å². The second-order valence-electron chi connectivity index (χ2n) is 5.07. The van der Waals surface area contributed by atoms with E-state index in [0.29, 0.717) is 6.04 Å². The Labute approximate surface area is 113 Å². The number of aromatic nitrogens is 2. The van der Waals surface area contributed by atoms with Gasteiger partial charge in [0.15, 0.2) is 0 Å². The third-order valence-corrected chi connectivity index (χ3v) is 3.57. The summed E-state index contributed by atoms with van der Waals surface area (Å²) in [6, 6.07) is 6.49. The highest BCUT2D eigenvalue weighted by molar-refractivity contribution is 5.68. The molecule has 2 heterocycles. The fraction of sp³-hybridized carbons (Fsp3) is 0.333. The topological polar surface area (TPSA) is 41.1 Å². The maximum atomic E-state index is 4.51. The summed E-state index contributed by atoms with van der Waals surface area (Å²) >= 11 is 0. The minimum absolute atomic E-state index is 0.291. The SMILES string of the molecule is CN(C)c1ccncc1NC1CCc2cccnc21. The molecule has 1 atom stereocenters. The second-order valence-corrected chi connectivity index (χ2v) is 5.07. The van der Waals surface area contributed by atoms with Crippen LogP contribution in [0.25, 0.3) is 0 Å². The molecule has 0 spiro atoms. The van der Waals surface area contributed by atoms with Gasteiger partial charge in [0.05, 0.1) is 29.3 Å². The molecule has 0 aliphatic heterocycles. The van der Waals surface area contributed by atoms with Crippen LogP contribution in [0.2, 0.25) is 0 Å². The van der Waals surface area contributed by atoms with Gasteiger partial charge in [0.25, 0.3) is 0 Å².